The van der Waals surface area contributed by atoms with Crippen LogP contribution < -0.4 is 5.32 Å². The smallest absolute Gasteiger partial charge is 0.149 e. The highest BCUT2D eigenvalue weighted by atomic mass is 15.3. The highest BCUT2D eigenvalue weighted by Gasteiger charge is 2.35. The zero-order chi connectivity index (χ0) is 12.8. The van der Waals surface area contributed by atoms with Gasteiger partial charge >= 0.3 is 0 Å². The third-order valence-electron chi connectivity index (χ3n) is 5.12. The van der Waals surface area contributed by atoms with Crippen LogP contribution in [-0.2, 0) is 13.0 Å². The molecule has 1 N–H and O–H groups in total. The summed E-state index contributed by atoms with van der Waals surface area (Å²) in [7, 11) is 0. The third kappa shape index (κ3) is 1.99. The molecule has 2 bridgehead atoms. The van der Waals surface area contributed by atoms with Crippen molar-refractivity contribution in [3.63, 3.8) is 0 Å². The Bertz CT molecular complexity index is 468. The van der Waals surface area contributed by atoms with Crippen molar-refractivity contribution in [2.24, 2.45) is 5.92 Å². The standard InChI is InChI=1S/C14H23N5/c1-10(14-17-16-13-3-2-6-19(13)14)15-12-5-8-18-7-4-11(12)9-18/h10-12,15H,2-9H2,1H3. The van der Waals surface area contributed by atoms with Gasteiger partial charge in [0.1, 0.15) is 11.6 Å². The molecule has 0 radical (unpaired) electrons. The number of aryl methyl sites for hydroxylation is 1. The van der Waals surface area contributed by atoms with Gasteiger partial charge in [0, 0.05) is 25.6 Å². The second kappa shape index (κ2) is 4.56. The lowest BCUT2D eigenvalue weighted by molar-refractivity contribution is 0.210. The van der Waals surface area contributed by atoms with Crippen LogP contribution in [0.15, 0.2) is 0 Å². The highest BCUT2D eigenvalue weighted by Crippen LogP contribution is 2.29. The quantitative estimate of drug-likeness (QED) is 0.880. The van der Waals surface area contributed by atoms with Crippen LogP contribution >= 0.6 is 0 Å². The Balaban J connectivity index is 1.47. The number of aromatic nitrogens is 3. The van der Waals surface area contributed by atoms with E-state index < -0.39 is 0 Å². The lowest BCUT2D eigenvalue weighted by Gasteiger charge is -2.33. The van der Waals surface area contributed by atoms with E-state index in [0.717, 1.165) is 24.7 Å². The molecule has 3 aliphatic heterocycles. The molecule has 5 heteroatoms. The largest absolute Gasteiger partial charge is 0.314 e. The van der Waals surface area contributed by atoms with Crippen LogP contribution in [0, 0.1) is 5.92 Å². The summed E-state index contributed by atoms with van der Waals surface area (Å²) in [5.74, 6) is 3.17. The molecule has 4 atom stereocenters. The Kier molecular flexibility index (Phi) is 2.84. The van der Waals surface area contributed by atoms with E-state index in [9.17, 15) is 0 Å². The van der Waals surface area contributed by atoms with Gasteiger partial charge in [0.25, 0.3) is 0 Å². The first-order valence-corrected chi connectivity index (χ1v) is 7.71. The van der Waals surface area contributed by atoms with Crippen LogP contribution in [-0.4, -0.2) is 45.3 Å². The molecule has 0 aliphatic carbocycles. The Labute approximate surface area is 114 Å². The van der Waals surface area contributed by atoms with Gasteiger partial charge in [-0.2, -0.15) is 0 Å². The molecule has 19 heavy (non-hydrogen) atoms. The normalized spacial score (nSPS) is 34.5. The molecule has 0 aromatic carbocycles. The van der Waals surface area contributed by atoms with Gasteiger partial charge in [-0.15, -0.1) is 10.2 Å². The van der Waals surface area contributed by atoms with Gasteiger partial charge in [0.2, 0.25) is 0 Å². The SMILES string of the molecule is CC(NC1CCN2CCC1C2)c1nnc2n1CCC2. The van der Waals surface area contributed by atoms with Gasteiger partial charge in [-0.1, -0.05) is 0 Å². The maximum absolute atomic E-state index is 4.40. The minimum absolute atomic E-state index is 0.330. The number of rotatable bonds is 3. The van der Waals surface area contributed by atoms with Gasteiger partial charge in [-0.05, 0) is 45.2 Å². The topological polar surface area (TPSA) is 46.0 Å². The van der Waals surface area contributed by atoms with Gasteiger partial charge in [-0.3, -0.25) is 0 Å². The monoisotopic (exact) mass is 261 g/mol. The summed E-state index contributed by atoms with van der Waals surface area (Å²) in [6.45, 7) is 7.21. The zero-order valence-electron chi connectivity index (χ0n) is 11.7. The average Bonchev–Trinajstić information content (AvgIpc) is 3.08. The summed E-state index contributed by atoms with van der Waals surface area (Å²) in [6, 6.07) is 1.000. The van der Waals surface area contributed by atoms with E-state index in [0.29, 0.717) is 12.1 Å². The van der Waals surface area contributed by atoms with Crippen molar-refractivity contribution >= 4 is 0 Å². The van der Waals surface area contributed by atoms with Crippen molar-refractivity contribution in [3.05, 3.63) is 11.6 Å². The second-order valence-electron chi connectivity index (χ2n) is 6.36. The second-order valence-corrected chi connectivity index (χ2v) is 6.36. The van der Waals surface area contributed by atoms with Crippen LogP contribution in [0.5, 0.6) is 0 Å². The zero-order valence-corrected chi connectivity index (χ0v) is 11.7. The minimum atomic E-state index is 0.330. The van der Waals surface area contributed by atoms with Gasteiger partial charge in [0.15, 0.2) is 0 Å². The summed E-state index contributed by atoms with van der Waals surface area (Å²) in [4.78, 5) is 2.60. The van der Waals surface area contributed by atoms with Crippen LogP contribution in [0.4, 0.5) is 0 Å². The predicted molar refractivity (Wildman–Crippen MR) is 72.8 cm³/mol. The molecule has 5 nitrogen and oxygen atoms in total. The molecule has 1 aromatic heterocycles. The summed E-state index contributed by atoms with van der Waals surface area (Å²) in [6.07, 6.45) is 4.98. The van der Waals surface area contributed by atoms with E-state index in [1.807, 2.05) is 0 Å². The fraction of sp³-hybridized carbons (Fsp3) is 0.857. The number of fused-ring (bicyclic) bond motifs is 3. The molecule has 4 heterocycles. The van der Waals surface area contributed by atoms with E-state index in [1.54, 1.807) is 0 Å². The lowest BCUT2D eigenvalue weighted by atomic mass is 9.93. The fourth-order valence-corrected chi connectivity index (χ4v) is 4.06. The van der Waals surface area contributed by atoms with Gasteiger partial charge in [0.05, 0.1) is 6.04 Å². The molecular formula is C14H23N5. The third-order valence-corrected chi connectivity index (χ3v) is 5.12. The number of nitrogens with zero attached hydrogens (tertiary/aromatic N) is 4. The molecule has 3 aliphatic rings. The molecule has 2 saturated heterocycles. The highest BCUT2D eigenvalue weighted by molar-refractivity contribution is 5.05. The van der Waals surface area contributed by atoms with Crippen molar-refractivity contribution < 1.29 is 0 Å². The number of hydrogen-bond donors (Lipinski definition) is 1. The van der Waals surface area contributed by atoms with Crippen LogP contribution in [0.25, 0.3) is 0 Å². The maximum Gasteiger partial charge on any atom is 0.149 e. The molecule has 104 valence electrons. The Hall–Kier alpha value is -0.940. The molecule has 0 saturated carbocycles. The first kappa shape index (κ1) is 11.9. The van der Waals surface area contributed by atoms with E-state index in [2.05, 4.69) is 31.9 Å². The van der Waals surface area contributed by atoms with Crippen molar-refractivity contribution in [3.8, 4) is 0 Å². The van der Waals surface area contributed by atoms with E-state index in [-0.39, 0.29) is 0 Å². The van der Waals surface area contributed by atoms with Crippen molar-refractivity contribution in [2.75, 3.05) is 19.6 Å². The number of piperidine rings is 1. The van der Waals surface area contributed by atoms with Gasteiger partial charge < -0.3 is 14.8 Å². The maximum atomic E-state index is 4.40. The molecule has 4 unspecified atom stereocenters. The minimum Gasteiger partial charge on any atom is -0.314 e. The van der Waals surface area contributed by atoms with Crippen molar-refractivity contribution in [1.82, 2.24) is 25.0 Å². The van der Waals surface area contributed by atoms with E-state index in [4.69, 9.17) is 0 Å². The van der Waals surface area contributed by atoms with Crippen molar-refractivity contribution in [2.45, 2.75) is 51.2 Å². The van der Waals surface area contributed by atoms with Crippen LogP contribution in [0.2, 0.25) is 0 Å². The van der Waals surface area contributed by atoms with Crippen LogP contribution in [0.3, 0.4) is 0 Å². The summed E-state index contributed by atoms with van der Waals surface area (Å²) in [5.41, 5.74) is 0. The number of nitrogens with one attached hydrogen (secondary N) is 1. The molecular weight excluding hydrogens is 238 g/mol. The Morgan fingerprint density at radius 2 is 2.11 bits per heavy atom. The Morgan fingerprint density at radius 1 is 1.21 bits per heavy atom. The summed E-state index contributed by atoms with van der Waals surface area (Å²) < 4.78 is 2.32. The first-order chi connectivity index (χ1) is 9.31. The first-order valence-electron chi connectivity index (χ1n) is 7.71. The van der Waals surface area contributed by atoms with Crippen LogP contribution in [0.1, 0.15) is 43.9 Å². The lowest BCUT2D eigenvalue weighted by Crippen LogP contribution is -2.45. The van der Waals surface area contributed by atoms with Crippen molar-refractivity contribution in [1.29, 1.82) is 0 Å². The Morgan fingerprint density at radius 3 is 3.05 bits per heavy atom. The molecule has 1 aromatic rings. The molecule has 0 spiro atoms. The van der Waals surface area contributed by atoms with E-state index >= 15 is 0 Å². The predicted octanol–water partition coefficient (Wildman–Crippen LogP) is 0.969. The molecule has 0 amide bonds. The average molecular weight is 261 g/mol. The fourth-order valence-electron chi connectivity index (χ4n) is 4.06. The summed E-state index contributed by atoms with van der Waals surface area (Å²) in [5, 5.41) is 12.6. The molecule has 4 rings (SSSR count). The van der Waals surface area contributed by atoms with E-state index in [1.165, 1.54) is 44.7 Å². The molecule has 2 fully saturated rings. The summed E-state index contributed by atoms with van der Waals surface area (Å²) >= 11 is 0. The van der Waals surface area contributed by atoms with Gasteiger partial charge in [-0.25, -0.2) is 0 Å². The number of hydrogen-bond acceptors (Lipinski definition) is 4.